The summed E-state index contributed by atoms with van der Waals surface area (Å²) in [7, 11) is -0.993. The van der Waals surface area contributed by atoms with Gasteiger partial charge in [0, 0.05) is 6.04 Å². The third-order valence-corrected chi connectivity index (χ3v) is 4.61. The lowest BCUT2D eigenvalue weighted by molar-refractivity contribution is 0.0698. The summed E-state index contributed by atoms with van der Waals surface area (Å²) in [5, 5.41) is 9.59. The summed E-state index contributed by atoms with van der Waals surface area (Å²) in [6, 6.07) is 0.295. The first-order chi connectivity index (χ1) is 6.80. The Balaban J connectivity index is 2.44. The molecule has 15 heavy (non-hydrogen) atoms. The second-order valence-corrected chi connectivity index (χ2v) is 7.55. The number of hydrogen-bond donors (Lipinski definition) is 2. The second kappa shape index (κ2) is 4.93. The molecule has 0 aromatic rings. The van der Waals surface area contributed by atoms with E-state index in [2.05, 4.69) is 11.6 Å². The number of hydrogen-bond acceptors (Lipinski definition) is 2. The molecule has 0 bridgehead atoms. The van der Waals surface area contributed by atoms with Gasteiger partial charge in [0.15, 0.2) is 0 Å². The highest BCUT2D eigenvalue weighted by Crippen LogP contribution is 2.25. The lowest BCUT2D eigenvalue weighted by atomic mass is 9.85. The Morgan fingerprint density at radius 1 is 1.33 bits per heavy atom. The summed E-state index contributed by atoms with van der Waals surface area (Å²) in [6.45, 7) is 7.96. The standard InChI is InChI=1S/C11H23NO2S/c1-8-7-9(5-6-10(8)13)12-15(14)11(2,3)4/h8-10,12-13H,5-7H2,1-4H3/t8-,9+,10+,15?/m1/s1. The molecule has 0 spiro atoms. The highest BCUT2D eigenvalue weighted by molar-refractivity contribution is 7.84. The molecule has 0 amide bonds. The van der Waals surface area contributed by atoms with Crippen LogP contribution in [0.2, 0.25) is 0 Å². The molecule has 0 saturated heterocycles. The highest BCUT2D eigenvalue weighted by Gasteiger charge is 2.29. The topological polar surface area (TPSA) is 49.3 Å². The first-order valence-electron chi connectivity index (χ1n) is 5.67. The quantitative estimate of drug-likeness (QED) is 0.761. The van der Waals surface area contributed by atoms with E-state index in [9.17, 15) is 9.32 Å². The summed E-state index contributed by atoms with van der Waals surface area (Å²) < 4.78 is 14.8. The van der Waals surface area contributed by atoms with Crippen LogP contribution in [0.3, 0.4) is 0 Å². The molecule has 0 aliphatic heterocycles. The molecule has 1 aliphatic rings. The van der Waals surface area contributed by atoms with Crippen molar-refractivity contribution in [3.8, 4) is 0 Å². The highest BCUT2D eigenvalue weighted by atomic mass is 32.2. The van der Waals surface area contributed by atoms with Gasteiger partial charge in [-0.05, 0) is 46.0 Å². The van der Waals surface area contributed by atoms with Crippen molar-refractivity contribution in [3.63, 3.8) is 0 Å². The fraction of sp³-hybridized carbons (Fsp3) is 1.00. The Bertz CT molecular complexity index is 237. The molecule has 4 heteroatoms. The number of nitrogens with one attached hydrogen (secondary N) is 1. The van der Waals surface area contributed by atoms with Crippen LogP contribution in [0.1, 0.15) is 47.0 Å². The minimum atomic E-state index is -0.993. The van der Waals surface area contributed by atoms with E-state index < -0.39 is 11.0 Å². The van der Waals surface area contributed by atoms with Gasteiger partial charge in [0.1, 0.15) is 0 Å². The van der Waals surface area contributed by atoms with Crippen molar-refractivity contribution in [2.75, 3.05) is 0 Å². The number of rotatable bonds is 2. The monoisotopic (exact) mass is 233 g/mol. The van der Waals surface area contributed by atoms with Gasteiger partial charge in [-0.2, -0.15) is 0 Å². The van der Waals surface area contributed by atoms with Gasteiger partial charge in [0.05, 0.1) is 21.8 Å². The lowest BCUT2D eigenvalue weighted by Crippen LogP contribution is -2.44. The fourth-order valence-electron chi connectivity index (χ4n) is 1.82. The largest absolute Gasteiger partial charge is 0.393 e. The minimum absolute atomic E-state index is 0.175. The maximum absolute atomic E-state index is 11.9. The van der Waals surface area contributed by atoms with E-state index in [4.69, 9.17) is 0 Å². The molecule has 1 aliphatic carbocycles. The molecule has 0 radical (unpaired) electrons. The van der Waals surface area contributed by atoms with Crippen LogP contribution in [0, 0.1) is 5.92 Å². The van der Waals surface area contributed by atoms with E-state index >= 15 is 0 Å². The Morgan fingerprint density at radius 3 is 2.40 bits per heavy atom. The summed E-state index contributed by atoms with van der Waals surface area (Å²) in [6.07, 6.45) is 2.49. The SMILES string of the molecule is C[C@@H]1C[C@@H](NS(=O)C(C)(C)C)CC[C@@H]1O. The third kappa shape index (κ3) is 3.85. The predicted octanol–water partition coefficient (Wildman–Crippen LogP) is 1.59. The van der Waals surface area contributed by atoms with E-state index in [-0.39, 0.29) is 10.9 Å². The van der Waals surface area contributed by atoms with Crippen LogP contribution < -0.4 is 4.72 Å². The van der Waals surface area contributed by atoms with Gasteiger partial charge in [-0.1, -0.05) is 6.92 Å². The molecule has 0 heterocycles. The van der Waals surface area contributed by atoms with Gasteiger partial charge in [-0.3, -0.25) is 0 Å². The minimum Gasteiger partial charge on any atom is -0.393 e. The van der Waals surface area contributed by atoms with Crippen molar-refractivity contribution in [3.05, 3.63) is 0 Å². The Morgan fingerprint density at radius 2 is 1.93 bits per heavy atom. The van der Waals surface area contributed by atoms with Crippen LogP contribution in [-0.2, 0) is 11.0 Å². The van der Waals surface area contributed by atoms with Crippen molar-refractivity contribution in [1.29, 1.82) is 0 Å². The van der Waals surface area contributed by atoms with Gasteiger partial charge < -0.3 is 5.11 Å². The van der Waals surface area contributed by atoms with Crippen LogP contribution in [-0.4, -0.2) is 26.2 Å². The van der Waals surface area contributed by atoms with Crippen LogP contribution in [0.4, 0.5) is 0 Å². The van der Waals surface area contributed by atoms with Crippen LogP contribution >= 0.6 is 0 Å². The maximum Gasteiger partial charge on any atom is 0.0972 e. The zero-order chi connectivity index (χ0) is 11.6. The molecule has 90 valence electrons. The smallest absolute Gasteiger partial charge is 0.0972 e. The summed E-state index contributed by atoms with van der Waals surface area (Å²) >= 11 is 0. The molecule has 1 unspecified atom stereocenters. The number of aliphatic hydroxyl groups excluding tert-OH is 1. The Kier molecular flexibility index (Phi) is 4.32. The van der Waals surface area contributed by atoms with Gasteiger partial charge in [-0.15, -0.1) is 0 Å². The summed E-state index contributed by atoms with van der Waals surface area (Å²) in [5.74, 6) is 0.313. The van der Waals surface area contributed by atoms with E-state index in [0.29, 0.717) is 12.0 Å². The Labute approximate surface area is 95.2 Å². The predicted molar refractivity (Wildman–Crippen MR) is 63.8 cm³/mol. The van der Waals surface area contributed by atoms with Crippen LogP contribution in [0.15, 0.2) is 0 Å². The average Bonchev–Trinajstić information content (AvgIpc) is 2.10. The van der Waals surface area contributed by atoms with Gasteiger partial charge in [-0.25, -0.2) is 8.93 Å². The van der Waals surface area contributed by atoms with E-state index in [0.717, 1.165) is 19.3 Å². The fourth-order valence-corrected chi connectivity index (χ4v) is 2.69. The average molecular weight is 233 g/mol. The van der Waals surface area contributed by atoms with Crippen molar-refractivity contribution in [1.82, 2.24) is 4.72 Å². The van der Waals surface area contributed by atoms with Gasteiger partial charge >= 0.3 is 0 Å². The van der Waals surface area contributed by atoms with Crippen molar-refractivity contribution in [2.24, 2.45) is 5.92 Å². The molecule has 1 rings (SSSR count). The molecule has 3 nitrogen and oxygen atoms in total. The molecule has 1 saturated carbocycles. The first-order valence-corrected chi connectivity index (χ1v) is 6.82. The maximum atomic E-state index is 11.9. The molecule has 2 N–H and O–H groups in total. The Hall–Kier alpha value is 0.0700. The van der Waals surface area contributed by atoms with Gasteiger partial charge in [0.2, 0.25) is 0 Å². The molecular formula is C11H23NO2S. The van der Waals surface area contributed by atoms with Gasteiger partial charge in [0.25, 0.3) is 0 Å². The molecule has 4 atom stereocenters. The molecule has 0 aromatic heterocycles. The normalized spacial score (nSPS) is 35.1. The van der Waals surface area contributed by atoms with Crippen LogP contribution in [0.25, 0.3) is 0 Å². The van der Waals surface area contributed by atoms with Crippen molar-refractivity contribution < 1.29 is 9.32 Å². The van der Waals surface area contributed by atoms with Crippen LogP contribution in [0.5, 0.6) is 0 Å². The van der Waals surface area contributed by atoms with Crippen molar-refractivity contribution >= 4 is 11.0 Å². The summed E-state index contributed by atoms with van der Waals surface area (Å²) in [5.41, 5.74) is 0. The second-order valence-electron chi connectivity index (χ2n) is 5.55. The molecular weight excluding hydrogens is 210 g/mol. The summed E-state index contributed by atoms with van der Waals surface area (Å²) in [4.78, 5) is 0. The zero-order valence-electron chi connectivity index (χ0n) is 10.1. The third-order valence-electron chi connectivity index (χ3n) is 2.95. The first kappa shape index (κ1) is 13.1. The van der Waals surface area contributed by atoms with E-state index in [1.54, 1.807) is 0 Å². The van der Waals surface area contributed by atoms with E-state index in [1.807, 2.05) is 20.8 Å². The number of aliphatic hydroxyl groups is 1. The molecule has 0 aromatic carbocycles. The van der Waals surface area contributed by atoms with Crippen molar-refractivity contribution in [2.45, 2.75) is 63.9 Å². The lowest BCUT2D eigenvalue weighted by Gasteiger charge is -2.32. The van der Waals surface area contributed by atoms with E-state index in [1.165, 1.54) is 0 Å². The molecule has 1 fully saturated rings. The zero-order valence-corrected chi connectivity index (χ0v) is 10.9.